The minimum atomic E-state index is -1.11. The van der Waals surface area contributed by atoms with Gasteiger partial charge in [-0.3, -0.25) is 4.21 Å². The van der Waals surface area contributed by atoms with Crippen LogP contribution in [0.3, 0.4) is 0 Å². The van der Waals surface area contributed by atoms with E-state index in [1.165, 1.54) is 12.1 Å². The summed E-state index contributed by atoms with van der Waals surface area (Å²) in [6, 6.07) is 6.37. The van der Waals surface area contributed by atoms with Crippen molar-refractivity contribution in [3.63, 3.8) is 0 Å². The molecule has 16 heavy (non-hydrogen) atoms. The summed E-state index contributed by atoms with van der Waals surface area (Å²) in [5, 5.41) is 8.95. The van der Waals surface area contributed by atoms with Crippen LogP contribution in [0.2, 0.25) is 0 Å². The summed E-state index contributed by atoms with van der Waals surface area (Å²) in [6.45, 7) is 3.99. The Kier molecular flexibility index (Phi) is 4.68. The van der Waals surface area contributed by atoms with Crippen LogP contribution in [-0.2, 0) is 10.8 Å². The first-order chi connectivity index (χ1) is 7.60. The van der Waals surface area contributed by atoms with Crippen LogP contribution >= 0.6 is 0 Å². The van der Waals surface area contributed by atoms with Crippen LogP contribution in [0.4, 0.5) is 0 Å². The number of carbonyl (C=O) groups is 1. The first-order valence-electron chi connectivity index (χ1n) is 5.34. The van der Waals surface area contributed by atoms with Gasteiger partial charge in [-0.1, -0.05) is 19.9 Å². The van der Waals surface area contributed by atoms with E-state index >= 15 is 0 Å². The quantitative estimate of drug-likeness (QED) is 0.860. The number of hydrogen-bond donors (Lipinski definition) is 1. The fourth-order valence-corrected chi connectivity index (χ4v) is 2.98. The lowest BCUT2D eigenvalue weighted by atomic mass is 10.2. The Morgan fingerprint density at radius 3 is 2.50 bits per heavy atom. The molecule has 1 atom stereocenters. The summed E-state index contributed by atoms with van der Waals surface area (Å²) >= 11 is 0. The monoisotopic (exact) mass is 240 g/mol. The van der Waals surface area contributed by atoms with Gasteiger partial charge in [0.25, 0.3) is 0 Å². The SMILES string of the molecule is CCC(CC)S(=O)c1cccc(C(=O)O)c1. The lowest BCUT2D eigenvalue weighted by Crippen LogP contribution is -2.13. The molecule has 0 aromatic heterocycles. The van der Waals surface area contributed by atoms with Crippen molar-refractivity contribution in [2.24, 2.45) is 0 Å². The molecule has 0 heterocycles. The van der Waals surface area contributed by atoms with E-state index in [2.05, 4.69) is 0 Å². The number of carboxylic acid groups (broad SMARTS) is 1. The Morgan fingerprint density at radius 1 is 1.38 bits per heavy atom. The van der Waals surface area contributed by atoms with Crippen LogP contribution in [0.1, 0.15) is 37.0 Å². The number of carboxylic acids is 1. The Bertz CT molecular complexity index is 397. The van der Waals surface area contributed by atoms with E-state index in [0.717, 1.165) is 12.8 Å². The van der Waals surface area contributed by atoms with Gasteiger partial charge in [-0.25, -0.2) is 4.79 Å². The zero-order chi connectivity index (χ0) is 12.1. The maximum atomic E-state index is 12.1. The van der Waals surface area contributed by atoms with Gasteiger partial charge >= 0.3 is 5.97 Å². The van der Waals surface area contributed by atoms with Gasteiger partial charge in [0.15, 0.2) is 0 Å². The third kappa shape index (κ3) is 2.92. The molecule has 3 nitrogen and oxygen atoms in total. The highest BCUT2D eigenvalue weighted by molar-refractivity contribution is 7.85. The smallest absolute Gasteiger partial charge is 0.335 e. The summed E-state index contributed by atoms with van der Waals surface area (Å²) in [6.07, 6.45) is 1.67. The molecular formula is C12H16O3S. The van der Waals surface area contributed by atoms with E-state index in [9.17, 15) is 9.00 Å². The first kappa shape index (κ1) is 12.9. The van der Waals surface area contributed by atoms with Crippen molar-refractivity contribution in [2.75, 3.05) is 0 Å². The van der Waals surface area contributed by atoms with Gasteiger partial charge in [0.1, 0.15) is 0 Å². The predicted octanol–water partition coefficient (Wildman–Crippen LogP) is 2.68. The number of aromatic carboxylic acids is 1. The number of benzene rings is 1. The summed E-state index contributed by atoms with van der Waals surface area (Å²) in [5.74, 6) is -0.983. The van der Waals surface area contributed by atoms with Crippen LogP contribution in [0.25, 0.3) is 0 Å². The molecular weight excluding hydrogens is 224 g/mol. The summed E-state index contributed by atoms with van der Waals surface area (Å²) in [4.78, 5) is 11.4. The van der Waals surface area contributed by atoms with Gasteiger partial charge in [0.05, 0.1) is 16.4 Å². The van der Waals surface area contributed by atoms with Crippen molar-refractivity contribution in [3.8, 4) is 0 Å². The van der Waals surface area contributed by atoms with Gasteiger partial charge in [-0.05, 0) is 31.0 Å². The van der Waals surface area contributed by atoms with Crippen molar-refractivity contribution >= 4 is 16.8 Å². The van der Waals surface area contributed by atoms with Crippen LogP contribution in [-0.4, -0.2) is 20.5 Å². The summed E-state index contributed by atoms with van der Waals surface area (Å²) < 4.78 is 12.1. The molecule has 0 amide bonds. The van der Waals surface area contributed by atoms with Crippen LogP contribution in [0.15, 0.2) is 29.2 Å². The fraction of sp³-hybridized carbons (Fsp3) is 0.417. The molecule has 0 aliphatic heterocycles. The van der Waals surface area contributed by atoms with Gasteiger partial charge in [0, 0.05) is 10.1 Å². The molecule has 0 bridgehead atoms. The third-order valence-corrected chi connectivity index (χ3v) is 4.52. The molecule has 0 aliphatic carbocycles. The molecule has 0 aliphatic rings. The fourth-order valence-electron chi connectivity index (χ4n) is 1.54. The van der Waals surface area contributed by atoms with E-state index in [0.29, 0.717) is 4.90 Å². The molecule has 0 saturated carbocycles. The second-order valence-electron chi connectivity index (χ2n) is 3.57. The van der Waals surface area contributed by atoms with Crippen molar-refractivity contribution in [1.29, 1.82) is 0 Å². The highest BCUT2D eigenvalue weighted by Gasteiger charge is 2.15. The van der Waals surface area contributed by atoms with Gasteiger partial charge in [-0.15, -0.1) is 0 Å². The Labute approximate surface area is 98.0 Å². The molecule has 88 valence electrons. The topological polar surface area (TPSA) is 54.4 Å². The first-order valence-corrected chi connectivity index (χ1v) is 6.55. The van der Waals surface area contributed by atoms with Crippen LogP contribution in [0, 0.1) is 0 Å². The van der Waals surface area contributed by atoms with E-state index in [1.807, 2.05) is 13.8 Å². The Balaban J connectivity index is 3.00. The molecule has 1 unspecified atom stereocenters. The summed E-state index contributed by atoms with van der Waals surface area (Å²) in [7, 11) is -1.11. The highest BCUT2D eigenvalue weighted by Crippen LogP contribution is 2.17. The molecule has 0 radical (unpaired) electrons. The molecule has 0 spiro atoms. The predicted molar refractivity (Wildman–Crippen MR) is 64.2 cm³/mol. The molecule has 4 heteroatoms. The lowest BCUT2D eigenvalue weighted by molar-refractivity contribution is 0.0696. The van der Waals surface area contributed by atoms with E-state index in [-0.39, 0.29) is 10.8 Å². The third-order valence-electron chi connectivity index (χ3n) is 2.53. The molecule has 1 aromatic carbocycles. The zero-order valence-corrected chi connectivity index (χ0v) is 10.3. The minimum absolute atomic E-state index is 0.101. The van der Waals surface area contributed by atoms with E-state index < -0.39 is 16.8 Å². The Hall–Kier alpha value is -1.16. The largest absolute Gasteiger partial charge is 0.478 e. The molecule has 1 rings (SSSR count). The van der Waals surface area contributed by atoms with Crippen molar-refractivity contribution in [3.05, 3.63) is 29.8 Å². The second kappa shape index (κ2) is 5.80. The maximum Gasteiger partial charge on any atom is 0.335 e. The summed E-state index contributed by atoms with van der Waals surface area (Å²) in [5.41, 5.74) is 0.191. The lowest BCUT2D eigenvalue weighted by Gasteiger charge is -2.12. The van der Waals surface area contributed by atoms with Crippen LogP contribution in [0.5, 0.6) is 0 Å². The van der Waals surface area contributed by atoms with Gasteiger partial charge in [-0.2, -0.15) is 0 Å². The molecule has 1 N–H and O–H groups in total. The van der Waals surface area contributed by atoms with E-state index in [4.69, 9.17) is 5.11 Å². The average molecular weight is 240 g/mol. The number of hydrogen-bond acceptors (Lipinski definition) is 2. The van der Waals surface area contributed by atoms with Crippen molar-refractivity contribution in [2.45, 2.75) is 36.8 Å². The zero-order valence-electron chi connectivity index (χ0n) is 9.47. The maximum absolute atomic E-state index is 12.1. The highest BCUT2D eigenvalue weighted by atomic mass is 32.2. The van der Waals surface area contributed by atoms with Gasteiger partial charge < -0.3 is 5.11 Å². The van der Waals surface area contributed by atoms with E-state index in [1.54, 1.807) is 12.1 Å². The average Bonchev–Trinajstić information content (AvgIpc) is 2.30. The van der Waals surface area contributed by atoms with Crippen LogP contribution < -0.4 is 0 Å². The Morgan fingerprint density at radius 2 is 2.00 bits per heavy atom. The van der Waals surface area contributed by atoms with Gasteiger partial charge in [0.2, 0.25) is 0 Å². The number of rotatable bonds is 5. The molecule has 0 fully saturated rings. The second-order valence-corrected chi connectivity index (χ2v) is 5.30. The molecule has 1 aromatic rings. The van der Waals surface area contributed by atoms with Crippen molar-refractivity contribution < 1.29 is 14.1 Å². The minimum Gasteiger partial charge on any atom is -0.478 e. The van der Waals surface area contributed by atoms with Crippen molar-refractivity contribution in [1.82, 2.24) is 0 Å². The molecule has 0 saturated heterocycles. The standard InChI is InChI=1S/C12H16O3S/c1-3-10(4-2)16(15)11-7-5-6-9(8-11)12(13)14/h5-8,10H,3-4H2,1-2H3,(H,13,14). The normalized spacial score (nSPS) is 12.7.